The van der Waals surface area contributed by atoms with Crippen LogP contribution in [0.2, 0.25) is 0 Å². The first-order valence-electron chi connectivity index (χ1n) is 6.28. The summed E-state index contributed by atoms with van der Waals surface area (Å²) < 4.78 is 11.6. The number of aromatic nitrogens is 2. The fourth-order valence-corrected chi connectivity index (χ4v) is 1.39. The van der Waals surface area contributed by atoms with Gasteiger partial charge in [0.2, 0.25) is 0 Å². The standard InChI is InChI=1S/C12H19N3O5/c1-3-19-6-7-20-9(2)12(18)13-10-4-5-15(14-10)8-11(16)17/h4-5,9H,3,6-8H2,1-2H3,(H,16,17)(H,13,14,18). The highest BCUT2D eigenvalue weighted by Crippen LogP contribution is 2.04. The van der Waals surface area contributed by atoms with Crippen LogP contribution in [0.5, 0.6) is 0 Å². The van der Waals surface area contributed by atoms with Crippen molar-refractivity contribution >= 4 is 17.7 Å². The molecule has 1 unspecified atom stereocenters. The summed E-state index contributed by atoms with van der Waals surface area (Å²) in [6.07, 6.45) is 0.838. The van der Waals surface area contributed by atoms with Gasteiger partial charge in [-0.05, 0) is 13.8 Å². The predicted octanol–water partition coefficient (Wildman–Crippen LogP) is 0.348. The normalized spacial score (nSPS) is 12.1. The van der Waals surface area contributed by atoms with Crippen LogP contribution in [0.3, 0.4) is 0 Å². The van der Waals surface area contributed by atoms with E-state index in [9.17, 15) is 9.59 Å². The Kier molecular flexibility index (Phi) is 6.68. The van der Waals surface area contributed by atoms with E-state index in [-0.39, 0.29) is 18.3 Å². The Bertz CT molecular complexity index is 446. The highest BCUT2D eigenvalue weighted by Gasteiger charge is 2.14. The fraction of sp³-hybridized carbons (Fsp3) is 0.583. The second-order valence-corrected chi connectivity index (χ2v) is 3.99. The molecule has 1 heterocycles. The Morgan fingerprint density at radius 2 is 2.25 bits per heavy atom. The molecule has 2 N–H and O–H groups in total. The van der Waals surface area contributed by atoms with Crippen LogP contribution in [-0.4, -0.2) is 52.7 Å². The molecule has 20 heavy (non-hydrogen) atoms. The van der Waals surface area contributed by atoms with Crippen molar-refractivity contribution < 1.29 is 24.2 Å². The zero-order chi connectivity index (χ0) is 15.0. The minimum Gasteiger partial charge on any atom is -0.480 e. The van der Waals surface area contributed by atoms with Crippen molar-refractivity contribution in [3.8, 4) is 0 Å². The third-order valence-electron chi connectivity index (χ3n) is 2.36. The fourth-order valence-electron chi connectivity index (χ4n) is 1.39. The van der Waals surface area contributed by atoms with E-state index in [4.69, 9.17) is 14.6 Å². The lowest BCUT2D eigenvalue weighted by molar-refractivity contribution is -0.137. The molecule has 0 aliphatic rings. The van der Waals surface area contributed by atoms with Crippen molar-refractivity contribution in [2.75, 3.05) is 25.1 Å². The van der Waals surface area contributed by atoms with Crippen LogP contribution in [0.1, 0.15) is 13.8 Å². The molecule has 1 aromatic heterocycles. The van der Waals surface area contributed by atoms with Gasteiger partial charge in [-0.1, -0.05) is 0 Å². The van der Waals surface area contributed by atoms with Gasteiger partial charge < -0.3 is 19.9 Å². The number of rotatable bonds is 9. The molecule has 0 fully saturated rings. The molecule has 0 radical (unpaired) electrons. The highest BCUT2D eigenvalue weighted by atomic mass is 16.5. The van der Waals surface area contributed by atoms with Crippen LogP contribution in [0.4, 0.5) is 5.82 Å². The maximum Gasteiger partial charge on any atom is 0.325 e. The van der Waals surface area contributed by atoms with Crippen molar-refractivity contribution in [2.45, 2.75) is 26.5 Å². The summed E-state index contributed by atoms with van der Waals surface area (Å²) in [5.41, 5.74) is 0. The summed E-state index contributed by atoms with van der Waals surface area (Å²) >= 11 is 0. The van der Waals surface area contributed by atoms with Gasteiger partial charge >= 0.3 is 5.97 Å². The first-order valence-corrected chi connectivity index (χ1v) is 6.28. The zero-order valence-electron chi connectivity index (χ0n) is 11.5. The molecule has 0 saturated heterocycles. The highest BCUT2D eigenvalue weighted by molar-refractivity contribution is 5.93. The Hall–Kier alpha value is -1.93. The van der Waals surface area contributed by atoms with E-state index in [1.807, 2.05) is 6.92 Å². The molecular weight excluding hydrogens is 266 g/mol. The minimum absolute atomic E-state index is 0.254. The molecule has 0 spiro atoms. The molecule has 8 heteroatoms. The summed E-state index contributed by atoms with van der Waals surface area (Å²) in [7, 11) is 0. The summed E-state index contributed by atoms with van der Waals surface area (Å²) in [6, 6.07) is 1.52. The quantitative estimate of drug-likeness (QED) is 0.635. The number of carboxylic acids is 1. The second kappa shape index (κ2) is 8.28. The van der Waals surface area contributed by atoms with Gasteiger partial charge in [-0.15, -0.1) is 0 Å². The van der Waals surface area contributed by atoms with E-state index in [1.165, 1.54) is 16.9 Å². The molecular formula is C12H19N3O5. The second-order valence-electron chi connectivity index (χ2n) is 3.99. The van der Waals surface area contributed by atoms with Gasteiger partial charge in [-0.3, -0.25) is 14.3 Å². The first-order chi connectivity index (χ1) is 9.52. The van der Waals surface area contributed by atoms with E-state index in [0.29, 0.717) is 19.8 Å². The van der Waals surface area contributed by atoms with Crippen molar-refractivity contribution in [3.63, 3.8) is 0 Å². The summed E-state index contributed by atoms with van der Waals surface area (Å²) in [6.45, 7) is 4.61. The van der Waals surface area contributed by atoms with E-state index in [0.717, 1.165) is 0 Å². The Morgan fingerprint density at radius 3 is 2.90 bits per heavy atom. The molecule has 1 aromatic rings. The van der Waals surface area contributed by atoms with Crippen LogP contribution in [0.15, 0.2) is 12.3 Å². The number of carbonyl (C=O) groups excluding carboxylic acids is 1. The van der Waals surface area contributed by atoms with Crippen LogP contribution < -0.4 is 5.32 Å². The third kappa shape index (κ3) is 5.81. The molecule has 1 atom stereocenters. The lowest BCUT2D eigenvalue weighted by Gasteiger charge is -2.12. The number of hydrogen-bond donors (Lipinski definition) is 2. The maximum atomic E-state index is 11.8. The Morgan fingerprint density at radius 1 is 1.50 bits per heavy atom. The van der Waals surface area contributed by atoms with Gasteiger partial charge in [0, 0.05) is 18.9 Å². The number of ether oxygens (including phenoxy) is 2. The summed E-state index contributed by atoms with van der Waals surface area (Å²) in [4.78, 5) is 22.3. The van der Waals surface area contributed by atoms with E-state index >= 15 is 0 Å². The van der Waals surface area contributed by atoms with E-state index in [2.05, 4.69) is 10.4 Å². The lowest BCUT2D eigenvalue weighted by atomic mass is 10.4. The van der Waals surface area contributed by atoms with Gasteiger partial charge in [0.05, 0.1) is 13.2 Å². The Balaban J connectivity index is 2.37. The number of hydrogen-bond acceptors (Lipinski definition) is 5. The van der Waals surface area contributed by atoms with E-state index in [1.54, 1.807) is 6.92 Å². The lowest BCUT2D eigenvalue weighted by Crippen LogP contribution is -2.29. The van der Waals surface area contributed by atoms with Gasteiger partial charge in [0.25, 0.3) is 5.91 Å². The number of aliphatic carboxylic acids is 1. The number of carboxylic acid groups (broad SMARTS) is 1. The Labute approximate surface area is 116 Å². The number of anilines is 1. The molecule has 112 valence electrons. The molecule has 0 bridgehead atoms. The van der Waals surface area contributed by atoms with Gasteiger partial charge in [0.1, 0.15) is 12.6 Å². The number of nitrogens with zero attached hydrogens (tertiary/aromatic N) is 2. The van der Waals surface area contributed by atoms with Gasteiger partial charge in [-0.25, -0.2) is 0 Å². The third-order valence-corrected chi connectivity index (χ3v) is 2.36. The average molecular weight is 285 g/mol. The number of carbonyl (C=O) groups is 2. The minimum atomic E-state index is -1.00. The smallest absolute Gasteiger partial charge is 0.325 e. The SMILES string of the molecule is CCOCCOC(C)C(=O)Nc1ccn(CC(=O)O)n1. The van der Waals surface area contributed by atoms with Crippen molar-refractivity contribution in [2.24, 2.45) is 0 Å². The molecule has 1 rings (SSSR count). The molecule has 8 nitrogen and oxygen atoms in total. The van der Waals surface area contributed by atoms with Gasteiger partial charge in [0.15, 0.2) is 5.82 Å². The average Bonchev–Trinajstić information content (AvgIpc) is 2.80. The molecule has 0 saturated carbocycles. The molecule has 0 aromatic carbocycles. The van der Waals surface area contributed by atoms with E-state index < -0.39 is 12.1 Å². The largest absolute Gasteiger partial charge is 0.480 e. The molecule has 0 aliphatic carbocycles. The summed E-state index contributed by atoms with van der Waals surface area (Å²) in [5.74, 6) is -1.06. The predicted molar refractivity (Wildman–Crippen MR) is 70.4 cm³/mol. The van der Waals surface area contributed by atoms with Crippen molar-refractivity contribution in [1.29, 1.82) is 0 Å². The van der Waals surface area contributed by atoms with Crippen LogP contribution in [-0.2, 0) is 25.6 Å². The first kappa shape index (κ1) is 16.1. The van der Waals surface area contributed by atoms with Crippen molar-refractivity contribution in [3.05, 3.63) is 12.3 Å². The topological polar surface area (TPSA) is 103 Å². The van der Waals surface area contributed by atoms with Crippen LogP contribution in [0, 0.1) is 0 Å². The van der Waals surface area contributed by atoms with Gasteiger partial charge in [-0.2, -0.15) is 5.10 Å². The molecule has 1 amide bonds. The van der Waals surface area contributed by atoms with Crippen LogP contribution in [0.25, 0.3) is 0 Å². The van der Waals surface area contributed by atoms with Crippen molar-refractivity contribution in [1.82, 2.24) is 9.78 Å². The number of nitrogens with one attached hydrogen (secondary N) is 1. The van der Waals surface area contributed by atoms with Crippen LogP contribution >= 0.6 is 0 Å². The number of amides is 1. The monoisotopic (exact) mass is 285 g/mol. The molecule has 0 aliphatic heterocycles. The summed E-state index contributed by atoms with van der Waals surface area (Å²) in [5, 5.41) is 15.1. The maximum absolute atomic E-state index is 11.8. The zero-order valence-corrected chi connectivity index (χ0v) is 11.5.